The molecule has 0 bridgehead atoms. The van der Waals surface area contributed by atoms with Crippen molar-refractivity contribution in [3.63, 3.8) is 0 Å². The number of nitrogens with zero attached hydrogens (tertiary/aromatic N) is 2. The Balaban J connectivity index is 2.87. The topological polar surface area (TPSA) is 130 Å². The maximum Gasteiger partial charge on any atom is 0.408 e. The third kappa shape index (κ3) is 8.04. The molecule has 1 amide bonds. The number of carbonyl (C=O) groups excluding carboxylic acids is 1. The molecule has 0 aliphatic rings. The van der Waals surface area contributed by atoms with Gasteiger partial charge in [0.1, 0.15) is 12.2 Å². The molecule has 4 N–H and O–H groups in total. The number of alkyl carbamates (subject to hydrolysis) is 1. The molecule has 0 fully saturated rings. The molecule has 8 heteroatoms. The smallest absolute Gasteiger partial charge is 0.408 e. The third-order valence-electron chi connectivity index (χ3n) is 2.92. The van der Waals surface area contributed by atoms with Gasteiger partial charge in [0.25, 0.3) is 0 Å². The molecule has 1 rings (SSSR count). The molecule has 136 valence electrons. The van der Waals surface area contributed by atoms with Crippen LogP contribution in [0.2, 0.25) is 0 Å². The number of benzene rings is 1. The summed E-state index contributed by atoms with van der Waals surface area (Å²) in [5.41, 5.74) is 6.63. The Morgan fingerprint density at radius 3 is 2.56 bits per heavy atom. The van der Waals surface area contributed by atoms with Crippen LogP contribution in [0.3, 0.4) is 0 Å². The Morgan fingerprint density at radius 2 is 2.04 bits per heavy atom. The Kier molecular flexibility index (Phi) is 7.69. The second-order valence-corrected chi connectivity index (χ2v) is 6.28. The van der Waals surface area contributed by atoms with Gasteiger partial charge >= 0.3 is 6.09 Å². The molecule has 0 aliphatic heterocycles. The quantitative estimate of drug-likeness (QED) is 0.294. The van der Waals surface area contributed by atoms with Gasteiger partial charge in [0.05, 0.1) is 24.3 Å². The number of hydrogen-bond acceptors (Lipinski definition) is 6. The lowest BCUT2D eigenvalue weighted by atomic mass is 10.0. The van der Waals surface area contributed by atoms with Crippen LogP contribution in [-0.4, -0.2) is 41.9 Å². The number of amidine groups is 1. The van der Waals surface area contributed by atoms with Gasteiger partial charge in [0.2, 0.25) is 0 Å². The SMILES string of the molecule is CC(C)(C)OC(=O)N[C@@H](Cc1ccc(C#N)cc1)/C(N)=N/OCCO. The van der Waals surface area contributed by atoms with E-state index in [0.717, 1.165) is 5.56 Å². The van der Waals surface area contributed by atoms with Crippen LogP contribution in [-0.2, 0) is 16.0 Å². The number of ether oxygens (including phenoxy) is 1. The zero-order valence-corrected chi connectivity index (χ0v) is 14.7. The molecule has 8 nitrogen and oxygen atoms in total. The molecular weight excluding hydrogens is 324 g/mol. The Labute approximate surface area is 147 Å². The molecule has 1 aromatic carbocycles. The van der Waals surface area contributed by atoms with E-state index in [2.05, 4.69) is 10.5 Å². The first-order valence-corrected chi connectivity index (χ1v) is 7.80. The van der Waals surface area contributed by atoms with Crippen LogP contribution < -0.4 is 11.1 Å². The zero-order chi connectivity index (χ0) is 18.9. The Morgan fingerprint density at radius 1 is 1.40 bits per heavy atom. The highest BCUT2D eigenvalue weighted by molar-refractivity contribution is 5.88. The van der Waals surface area contributed by atoms with Gasteiger partial charge in [-0.2, -0.15) is 5.26 Å². The van der Waals surface area contributed by atoms with Gasteiger partial charge in [-0.1, -0.05) is 17.3 Å². The monoisotopic (exact) mass is 348 g/mol. The molecule has 1 atom stereocenters. The van der Waals surface area contributed by atoms with Gasteiger partial charge in [-0.25, -0.2) is 4.79 Å². The first-order valence-electron chi connectivity index (χ1n) is 7.80. The molecule has 25 heavy (non-hydrogen) atoms. The summed E-state index contributed by atoms with van der Waals surface area (Å²) in [5.74, 6) is 0.0451. The van der Waals surface area contributed by atoms with E-state index < -0.39 is 17.7 Å². The number of carbonyl (C=O) groups is 1. The van der Waals surface area contributed by atoms with Crippen LogP contribution in [0.4, 0.5) is 4.79 Å². The second kappa shape index (κ2) is 9.49. The van der Waals surface area contributed by atoms with Crippen molar-refractivity contribution >= 4 is 11.9 Å². The van der Waals surface area contributed by atoms with Crippen LogP contribution in [0.15, 0.2) is 29.4 Å². The largest absolute Gasteiger partial charge is 0.444 e. The minimum Gasteiger partial charge on any atom is -0.444 e. The van der Waals surface area contributed by atoms with Crippen molar-refractivity contribution in [2.75, 3.05) is 13.2 Å². The number of nitrogens with two attached hydrogens (primary N) is 1. The summed E-state index contributed by atoms with van der Waals surface area (Å²) in [6.07, 6.45) is -0.297. The Hall–Kier alpha value is -2.79. The van der Waals surface area contributed by atoms with E-state index in [9.17, 15) is 4.79 Å². The fraction of sp³-hybridized carbons (Fsp3) is 0.471. The van der Waals surface area contributed by atoms with Crippen molar-refractivity contribution in [3.8, 4) is 6.07 Å². The maximum absolute atomic E-state index is 12.0. The van der Waals surface area contributed by atoms with Crippen molar-refractivity contribution in [3.05, 3.63) is 35.4 Å². The van der Waals surface area contributed by atoms with E-state index in [-0.39, 0.29) is 19.0 Å². The number of hydrogen-bond donors (Lipinski definition) is 3. The lowest BCUT2D eigenvalue weighted by Crippen LogP contribution is -2.47. The summed E-state index contributed by atoms with van der Waals surface area (Å²) in [6, 6.07) is 8.26. The average molecular weight is 348 g/mol. The van der Waals surface area contributed by atoms with Gasteiger partial charge < -0.3 is 25.7 Å². The summed E-state index contributed by atoms with van der Waals surface area (Å²) in [5, 5.41) is 23.9. The van der Waals surface area contributed by atoms with E-state index >= 15 is 0 Å². The highest BCUT2D eigenvalue weighted by Crippen LogP contribution is 2.10. The first kappa shape index (κ1) is 20.3. The fourth-order valence-electron chi connectivity index (χ4n) is 1.86. The fourth-order valence-corrected chi connectivity index (χ4v) is 1.86. The van der Waals surface area contributed by atoms with Gasteiger partial charge in [0, 0.05) is 6.42 Å². The van der Waals surface area contributed by atoms with E-state index in [0.29, 0.717) is 12.0 Å². The summed E-state index contributed by atoms with van der Waals surface area (Å²) in [6.45, 7) is 5.06. The third-order valence-corrected chi connectivity index (χ3v) is 2.92. The van der Waals surface area contributed by atoms with Crippen molar-refractivity contribution in [2.24, 2.45) is 10.9 Å². The molecule has 0 saturated carbocycles. The number of nitriles is 1. The molecule has 0 aromatic heterocycles. The molecule has 0 aliphatic carbocycles. The number of nitrogens with one attached hydrogen (secondary N) is 1. The summed E-state index contributed by atoms with van der Waals surface area (Å²) < 4.78 is 5.23. The first-order chi connectivity index (χ1) is 11.7. The number of oxime groups is 1. The van der Waals surface area contributed by atoms with Gasteiger partial charge in [-0.15, -0.1) is 0 Å². The zero-order valence-electron chi connectivity index (χ0n) is 14.7. The predicted molar refractivity (Wildman–Crippen MR) is 92.7 cm³/mol. The van der Waals surface area contributed by atoms with E-state index in [1.807, 2.05) is 6.07 Å². The minimum atomic E-state index is -0.665. The van der Waals surface area contributed by atoms with Crippen LogP contribution >= 0.6 is 0 Å². The molecule has 0 unspecified atom stereocenters. The molecule has 1 aromatic rings. The molecule has 0 saturated heterocycles. The average Bonchev–Trinajstić information content (AvgIpc) is 2.53. The maximum atomic E-state index is 12.0. The molecule has 0 radical (unpaired) electrons. The van der Waals surface area contributed by atoms with Crippen LogP contribution in [0, 0.1) is 11.3 Å². The van der Waals surface area contributed by atoms with Crippen molar-refractivity contribution < 1.29 is 19.5 Å². The normalized spacial score (nSPS) is 12.8. The number of rotatable bonds is 7. The van der Waals surface area contributed by atoms with Crippen LogP contribution in [0.5, 0.6) is 0 Å². The lowest BCUT2D eigenvalue weighted by molar-refractivity contribution is 0.0515. The van der Waals surface area contributed by atoms with Crippen molar-refractivity contribution in [1.29, 1.82) is 5.26 Å². The van der Waals surface area contributed by atoms with Crippen LogP contribution in [0.1, 0.15) is 31.9 Å². The number of aliphatic hydroxyl groups is 1. The summed E-state index contributed by atoms with van der Waals surface area (Å²) in [4.78, 5) is 16.9. The lowest BCUT2D eigenvalue weighted by Gasteiger charge is -2.23. The van der Waals surface area contributed by atoms with E-state index in [1.165, 1.54) is 0 Å². The molecule has 0 spiro atoms. The number of amides is 1. The number of aliphatic hydroxyl groups excluding tert-OH is 1. The second-order valence-electron chi connectivity index (χ2n) is 6.28. The highest BCUT2D eigenvalue weighted by atomic mass is 16.6. The van der Waals surface area contributed by atoms with E-state index in [4.69, 9.17) is 25.7 Å². The summed E-state index contributed by atoms with van der Waals surface area (Å²) >= 11 is 0. The molecular formula is C17H24N4O4. The van der Waals surface area contributed by atoms with Gasteiger partial charge in [-0.05, 0) is 38.5 Å². The van der Waals surface area contributed by atoms with Crippen molar-refractivity contribution in [2.45, 2.75) is 38.8 Å². The van der Waals surface area contributed by atoms with E-state index in [1.54, 1.807) is 45.0 Å². The Bertz CT molecular complexity index is 630. The minimum absolute atomic E-state index is 0.00325. The summed E-state index contributed by atoms with van der Waals surface area (Å²) in [7, 11) is 0. The molecule has 0 heterocycles. The van der Waals surface area contributed by atoms with Gasteiger partial charge in [-0.3, -0.25) is 0 Å². The van der Waals surface area contributed by atoms with Crippen molar-refractivity contribution in [1.82, 2.24) is 5.32 Å². The van der Waals surface area contributed by atoms with Crippen LogP contribution in [0.25, 0.3) is 0 Å². The highest BCUT2D eigenvalue weighted by Gasteiger charge is 2.22. The standard InChI is InChI=1S/C17H24N4O4/c1-17(2,3)25-16(23)20-14(15(19)21-24-9-8-22)10-12-4-6-13(11-18)7-5-12/h4-7,14,22H,8-10H2,1-3H3,(H2,19,21)(H,20,23)/t14-/m0/s1. The van der Waals surface area contributed by atoms with Gasteiger partial charge in [0.15, 0.2) is 5.84 Å². The predicted octanol–water partition coefficient (Wildman–Crippen LogP) is 1.28.